The molecule has 1 saturated heterocycles. The lowest BCUT2D eigenvalue weighted by atomic mass is 9.97. The van der Waals surface area contributed by atoms with Crippen LogP contribution in [0.4, 0.5) is 0 Å². The number of nitrogens with one attached hydrogen (secondary N) is 1. The van der Waals surface area contributed by atoms with Gasteiger partial charge in [-0.2, -0.15) is 0 Å². The summed E-state index contributed by atoms with van der Waals surface area (Å²) in [4.78, 5) is 14.3. The average molecular weight is 260 g/mol. The summed E-state index contributed by atoms with van der Waals surface area (Å²) in [5.41, 5.74) is 1.25. The molecule has 3 nitrogen and oxygen atoms in total. The first-order valence-corrected chi connectivity index (χ1v) is 7.26. The number of piperidine rings is 1. The van der Waals surface area contributed by atoms with Crippen molar-refractivity contribution in [1.82, 2.24) is 10.2 Å². The van der Waals surface area contributed by atoms with Crippen molar-refractivity contribution in [1.29, 1.82) is 0 Å². The van der Waals surface area contributed by atoms with Crippen LogP contribution in [0, 0.1) is 5.92 Å². The number of carbonyl (C=O) groups is 1. The van der Waals surface area contributed by atoms with E-state index < -0.39 is 0 Å². The van der Waals surface area contributed by atoms with Gasteiger partial charge in [-0.15, -0.1) is 0 Å². The molecule has 0 spiro atoms. The Morgan fingerprint density at radius 2 is 2.16 bits per heavy atom. The van der Waals surface area contributed by atoms with E-state index in [-0.39, 0.29) is 0 Å². The molecule has 1 heterocycles. The lowest BCUT2D eigenvalue weighted by Crippen LogP contribution is -2.42. The van der Waals surface area contributed by atoms with Crippen molar-refractivity contribution < 1.29 is 4.79 Å². The highest BCUT2D eigenvalue weighted by molar-refractivity contribution is 5.76. The van der Waals surface area contributed by atoms with Crippen molar-refractivity contribution in [3.8, 4) is 0 Å². The van der Waals surface area contributed by atoms with E-state index in [2.05, 4.69) is 22.3 Å². The highest BCUT2D eigenvalue weighted by Gasteiger charge is 2.22. The van der Waals surface area contributed by atoms with Crippen molar-refractivity contribution >= 4 is 5.91 Å². The highest BCUT2D eigenvalue weighted by Crippen LogP contribution is 2.17. The van der Waals surface area contributed by atoms with E-state index in [1.54, 1.807) is 0 Å². The minimum Gasteiger partial charge on any atom is -0.342 e. The molecule has 104 valence electrons. The number of amides is 1. The standard InChI is InChI=1S/C16H24N2O/c1-17-12-15-8-5-11-18(13-15)16(19)10-9-14-6-3-2-4-7-14/h2-4,6-7,15,17H,5,8-13H2,1H3. The topological polar surface area (TPSA) is 32.3 Å². The predicted octanol–water partition coefficient (Wildman–Crippen LogP) is 2.08. The third kappa shape index (κ3) is 4.35. The Hall–Kier alpha value is -1.35. The molecule has 1 aromatic carbocycles. The van der Waals surface area contributed by atoms with Crippen LogP contribution in [0.2, 0.25) is 0 Å². The number of likely N-dealkylation sites (tertiary alicyclic amines) is 1. The molecule has 3 heteroatoms. The normalized spacial score (nSPS) is 19.4. The summed E-state index contributed by atoms with van der Waals surface area (Å²) < 4.78 is 0. The van der Waals surface area contributed by atoms with Gasteiger partial charge in [0.25, 0.3) is 0 Å². The number of hydrogen-bond acceptors (Lipinski definition) is 2. The number of nitrogens with zero attached hydrogens (tertiary/aromatic N) is 1. The quantitative estimate of drug-likeness (QED) is 0.879. The maximum Gasteiger partial charge on any atom is 0.222 e. The van der Waals surface area contributed by atoms with Crippen LogP contribution < -0.4 is 5.32 Å². The number of carbonyl (C=O) groups excluding carboxylic acids is 1. The van der Waals surface area contributed by atoms with Gasteiger partial charge in [0.15, 0.2) is 0 Å². The summed E-state index contributed by atoms with van der Waals surface area (Å²) in [5, 5.41) is 3.22. The second-order valence-corrected chi connectivity index (χ2v) is 5.39. The fourth-order valence-corrected chi connectivity index (χ4v) is 2.80. The maximum atomic E-state index is 12.2. The lowest BCUT2D eigenvalue weighted by molar-refractivity contribution is -0.132. The Balaban J connectivity index is 1.79. The summed E-state index contributed by atoms with van der Waals surface area (Å²) in [5.74, 6) is 0.934. The van der Waals surface area contributed by atoms with Gasteiger partial charge in [0.05, 0.1) is 0 Å². The van der Waals surface area contributed by atoms with Crippen LogP contribution in [0.1, 0.15) is 24.8 Å². The lowest BCUT2D eigenvalue weighted by Gasteiger charge is -2.32. The minimum absolute atomic E-state index is 0.310. The largest absolute Gasteiger partial charge is 0.342 e. The fraction of sp³-hybridized carbons (Fsp3) is 0.562. The zero-order valence-electron chi connectivity index (χ0n) is 11.8. The number of hydrogen-bond donors (Lipinski definition) is 1. The van der Waals surface area contributed by atoms with Crippen LogP contribution in [0.25, 0.3) is 0 Å². The summed E-state index contributed by atoms with van der Waals surface area (Å²) in [6.45, 7) is 2.88. The number of aryl methyl sites for hydroxylation is 1. The van der Waals surface area contributed by atoms with Gasteiger partial charge in [-0.1, -0.05) is 30.3 Å². The van der Waals surface area contributed by atoms with Crippen LogP contribution in [0.3, 0.4) is 0 Å². The minimum atomic E-state index is 0.310. The smallest absolute Gasteiger partial charge is 0.222 e. The van der Waals surface area contributed by atoms with Crippen LogP contribution in [-0.4, -0.2) is 37.5 Å². The van der Waals surface area contributed by atoms with Gasteiger partial charge in [0, 0.05) is 19.5 Å². The van der Waals surface area contributed by atoms with E-state index in [1.165, 1.54) is 12.0 Å². The fourth-order valence-electron chi connectivity index (χ4n) is 2.80. The number of benzene rings is 1. The molecule has 0 aliphatic carbocycles. The van der Waals surface area contributed by atoms with Crippen LogP contribution in [-0.2, 0) is 11.2 Å². The first kappa shape index (κ1) is 14.1. The van der Waals surface area contributed by atoms with Crippen LogP contribution in [0.5, 0.6) is 0 Å². The van der Waals surface area contributed by atoms with Crippen molar-refractivity contribution in [3.63, 3.8) is 0 Å². The second-order valence-electron chi connectivity index (χ2n) is 5.39. The second kappa shape index (κ2) is 7.29. The van der Waals surface area contributed by atoms with Crippen molar-refractivity contribution in [3.05, 3.63) is 35.9 Å². The van der Waals surface area contributed by atoms with Gasteiger partial charge in [-0.3, -0.25) is 4.79 Å². The highest BCUT2D eigenvalue weighted by atomic mass is 16.2. The Bertz CT molecular complexity index is 389. The molecule has 1 N–H and O–H groups in total. The van der Waals surface area contributed by atoms with Gasteiger partial charge in [-0.25, -0.2) is 0 Å². The van der Waals surface area contributed by atoms with E-state index in [9.17, 15) is 4.79 Å². The molecule has 0 saturated carbocycles. The average Bonchev–Trinajstić information content (AvgIpc) is 2.46. The van der Waals surface area contributed by atoms with E-state index in [0.717, 1.165) is 32.5 Å². The van der Waals surface area contributed by atoms with E-state index >= 15 is 0 Å². The van der Waals surface area contributed by atoms with Crippen molar-refractivity contribution in [2.75, 3.05) is 26.7 Å². The molecule has 19 heavy (non-hydrogen) atoms. The van der Waals surface area contributed by atoms with Crippen LogP contribution in [0.15, 0.2) is 30.3 Å². The molecule has 0 radical (unpaired) electrons. The Kier molecular flexibility index (Phi) is 5.40. The molecule has 1 aliphatic heterocycles. The Morgan fingerprint density at radius 1 is 1.37 bits per heavy atom. The summed E-state index contributed by atoms with van der Waals surface area (Å²) in [7, 11) is 1.98. The summed E-state index contributed by atoms with van der Waals surface area (Å²) in [6, 6.07) is 10.3. The third-order valence-corrected chi connectivity index (χ3v) is 3.83. The third-order valence-electron chi connectivity index (χ3n) is 3.83. The van der Waals surface area contributed by atoms with E-state index in [4.69, 9.17) is 0 Å². The molecular formula is C16H24N2O. The molecule has 1 aromatic rings. The first-order chi connectivity index (χ1) is 9.29. The van der Waals surface area contributed by atoms with E-state index in [0.29, 0.717) is 18.2 Å². The molecule has 1 fully saturated rings. The molecule has 1 atom stereocenters. The van der Waals surface area contributed by atoms with Gasteiger partial charge in [-0.05, 0) is 44.3 Å². The maximum absolute atomic E-state index is 12.2. The van der Waals surface area contributed by atoms with Crippen molar-refractivity contribution in [2.45, 2.75) is 25.7 Å². The first-order valence-electron chi connectivity index (χ1n) is 7.26. The molecule has 0 bridgehead atoms. The molecule has 1 amide bonds. The molecular weight excluding hydrogens is 236 g/mol. The van der Waals surface area contributed by atoms with Gasteiger partial charge in [0.2, 0.25) is 5.91 Å². The molecule has 0 aromatic heterocycles. The molecule has 1 aliphatic rings. The predicted molar refractivity (Wildman–Crippen MR) is 78.0 cm³/mol. The Labute approximate surface area is 116 Å². The number of rotatable bonds is 5. The van der Waals surface area contributed by atoms with Gasteiger partial charge >= 0.3 is 0 Å². The summed E-state index contributed by atoms with van der Waals surface area (Å²) in [6.07, 6.45) is 3.87. The molecule has 2 rings (SSSR count). The van der Waals surface area contributed by atoms with Gasteiger partial charge < -0.3 is 10.2 Å². The SMILES string of the molecule is CNCC1CCCN(C(=O)CCc2ccccc2)C1. The van der Waals surface area contributed by atoms with Crippen molar-refractivity contribution in [2.24, 2.45) is 5.92 Å². The summed E-state index contributed by atoms with van der Waals surface area (Å²) >= 11 is 0. The monoisotopic (exact) mass is 260 g/mol. The van der Waals surface area contributed by atoms with Gasteiger partial charge in [0.1, 0.15) is 0 Å². The zero-order valence-corrected chi connectivity index (χ0v) is 11.8. The zero-order chi connectivity index (χ0) is 13.5. The Morgan fingerprint density at radius 3 is 2.89 bits per heavy atom. The van der Waals surface area contributed by atoms with Crippen LogP contribution >= 0.6 is 0 Å². The van der Waals surface area contributed by atoms with E-state index in [1.807, 2.05) is 25.2 Å². The molecule has 1 unspecified atom stereocenters.